The van der Waals surface area contributed by atoms with Crippen molar-refractivity contribution in [2.24, 2.45) is 40.4 Å². The van der Waals surface area contributed by atoms with Gasteiger partial charge in [0.15, 0.2) is 5.60 Å². The van der Waals surface area contributed by atoms with Gasteiger partial charge in [-0.15, -0.1) is 0 Å². The highest BCUT2D eigenvalue weighted by Crippen LogP contribution is 2.67. The van der Waals surface area contributed by atoms with Crippen LogP contribution in [0.3, 0.4) is 0 Å². The van der Waals surface area contributed by atoms with Gasteiger partial charge in [-0.1, -0.05) is 32.4 Å². The molecule has 0 radical (unpaired) electrons. The van der Waals surface area contributed by atoms with E-state index in [2.05, 4.69) is 26.8 Å². The number of hydrogen-bond acceptors (Lipinski definition) is 2. The predicted molar refractivity (Wildman–Crippen MR) is 121 cm³/mol. The van der Waals surface area contributed by atoms with Crippen LogP contribution >= 0.6 is 0 Å². The van der Waals surface area contributed by atoms with Gasteiger partial charge in [0.2, 0.25) is 0 Å². The minimum Gasteiger partial charge on any atom is -0.390 e. The Bertz CT molecular complexity index is 754. The average Bonchev–Trinajstić information content (AvgIpc) is 3.03. The van der Waals surface area contributed by atoms with Gasteiger partial charge < -0.3 is 10.2 Å². The largest absolute Gasteiger partial charge is 0.416 e. The molecule has 4 aliphatic carbocycles. The van der Waals surface area contributed by atoms with Crippen molar-refractivity contribution in [1.29, 1.82) is 0 Å². The molecule has 2 N–H and O–H groups in total. The van der Waals surface area contributed by atoms with Crippen LogP contribution in [0.25, 0.3) is 0 Å². The van der Waals surface area contributed by atoms with E-state index in [9.17, 15) is 23.4 Å². The topological polar surface area (TPSA) is 40.5 Å². The van der Waals surface area contributed by atoms with E-state index in [1.165, 1.54) is 18.4 Å². The molecule has 0 bridgehead atoms. The Kier molecular flexibility index (Phi) is 5.94. The minimum absolute atomic E-state index is 0.186. The van der Waals surface area contributed by atoms with Gasteiger partial charge in [0.25, 0.3) is 0 Å². The van der Waals surface area contributed by atoms with E-state index < -0.39 is 17.4 Å². The van der Waals surface area contributed by atoms with Crippen molar-refractivity contribution in [2.75, 3.05) is 0 Å². The highest BCUT2D eigenvalue weighted by Gasteiger charge is 2.60. The summed E-state index contributed by atoms with van der Waals surface area (Å²) in [4.78, 5) is 0. The number of allylic oxidation sites excluding steroid dienone is 1. The van der Waals surface area contributed by atoms with Crippen LogP contribution in [0.4, 0.5) is 13.2 Å². The van der Waals surface area contributed by atoms with Gasteiger partial charge in [-0.25, -0.2) is 0 Å². The molecule has 4 rings (SSSR count). The number of aliphatic hydroxyl groups is 2. The van der Waals surface area contributed by atoms with Crippen molar-refractivity contribution in [3.05, 3.63) is 11.6 Å². The van der Waals surface area contributed by atoms with Crippen molar-refractivity contribution in [2.45, 2.75) is 116 Å². The van der Waals surface area contributed by atoms with Crippen LogP contribution in [0.2, 0.25) is 0 Å². The molecule has 0 unspecified atom stereocenters. The van der Waals surface area contributed by atoms with Crippen LogP contribution in [0.15, 0.2) is 11.6 Å². The van der Waals surface area contributed by atoms with Gasteiger partial charge in [0, 0.05) is 0 Å². The maximum atomic E-state index is 13.1. The first-order valence-electron chi connectivity index (χ1n) is 12.8. The summed E-state index contributed by atoms with van der Waals surface area (Å²) in [6, 6.07) is 0. The van der Waals surface area contributed by atoms with Crippen molar-refractivity contribution < 1.29 is 23.4 Å². The summed E-state index contributed by atoms with van der Waals surface area (Å²) < 4.78 is 39.4. The summed E-state index contributed by atoms with van der Waals surface area (Å²) >= 11 is 0. The summed E-state index contributed by atoms with van der Waals surface area (Å²) in [5.41, 5.74) is -1.32. The fourth-order valence-electron chi connectivity index (χ4n) is 8.63. The van der Waals surface area contributed by atoms with Crippen LogP contribution < -0.4 is 0 Å². The minimum atomic E-state index is -4.57. The monoisotopic (exact) mass is 456 g/mol. The quantitative estimate of drug-likeness (QED) is 0.445. The molecule has 0 aromatic carbocycles. The third-order valence-corrected chi connectivity index (χ3v) is 10.8. The first kappa shape index (κ1) is 24.6. The number of fused-ring (bicyclic) bond motifs is 5. The molecule has 3 fully saturated rings. The number of halogens is 3. The third kappa shape index (κ3) is 3.87. The lowest BCUT2D eigenvalue weighted by molar-refractivity contribution is -0.256. The smallest absolute Gasteiger partial charge is 0.390 e. The molecular weight excluding hydrogens is 413 g/mol. The molecule has 0 aliphatic heterocycles. The Hall–Kier alpha value is -0.550. The summed E-state index contributed by atoms with van der Waals surface area (Å²) in [5.74, 6) is 2.57. The molecule has 0 spiro atoms. The van der Waals surface area contributed by atoms with E-state index >= 15 is 0 Å². The fraction of sp³-hybridized carbons (Fsp3) is 0.926. The van der Waals surface area contributed by atoms with Crippen LogP contribution in [-0.4, -0.2) is 27.6 Å². The maximum absolute atomic E-state index is 13.1. The Balaban J connectivity index is 1.49. The van der Waals surface area contributed by atoms with Gasteiger partial charge in [-0.3, -0.25) is 0 Å². The zero-order valence-corrected chi connectivity index (χ0v) is 20.6. The zero-order chi connectivity index (χ0) is 23.7. The maximum Gasteiger partial charge on any atom is 0.416 e. The van der Waals surface area contributed by atoms with Crippen LogP contribution in [0.1, 0.15) is 98.8 Å². The van der Waals surface area contributed by atoms with Crippen molar-refractivity contribution in [3.63, 3.8) is 0 Å². The molecular formula is C27H43F3O2. The van der Waals surface area contributed by atoms with E-state index in [0.29, 0.717) is 30.1 Å². The molecule has 0 aromatic rings. The van der Waals surface area contributed by atoms with E-state index in [4.69, 9.17) is 0 Å². The lowest BCUT2D eigenvalue weighted by atomic mass is 9.46. The second kappa shape index (κ2) is 7.73. The molecule has 0 heterocycles. The number of alkyl halides is 3. The molecule has 0 aromatic heterocycles. The van der Waals surface area contributed by atoms with Gasteiger partial charge in [0.05, 0.1) is 5.60 Å². The summed E-state index contributed by atoms with van der Waals surface area (Å²) in [6.45, 7) is 9.84. The molecule has 5 heteroatoms. The molecule has 0 amide bonds. The molecule has 32 heavy (non-hydrogen) atoms. The van der Waals surface area contributed by atoms with Gasteiger partial charge in [0.1, 0.15) is 0 Å². The van der Waals surface area contributed by atoms with Crippen LogP contribution in [-0.2, 0) is 0 Å². The zero-order valence-electron chi connectivity index (χ0n) is 20.6. The standard InChI is InChI=1S/C27H43F3O2/c1-17(10-13-26(5,32)27(28,29)30)20-8-9-21-19-7-6-18-16-23(2,31)14-15-24(18,3)22(19)11-12-25(20,21)4/h6,17,19-22,31-32H,7-16H2,1-5H3/t17-,19+,20-,21+,22+,23+,24+,25-,26-/m1/s1. The van der Waals surface area contributed by atoms with Crippen LogP contribution in [0, 0.1) is 40.4 Å². The molecule has 0 saturated heterocycles. The second-order valence-electron chi connectivity index (χ2n) is 12.9. The summed E-state index contributed by atoms with van der Waals surface area (Å²) in [6.07, 6.45) is 6.52. The molecule has 3 saturated carbocycles. The fourth-order valence-corrected chi connectivity index (χ4v) is 8.63. The highest BCUT2D eigenvalue weighted by atomic mass is 19.4. The first-order valence-corrected chi connectivity index (χ1v) is 12.8. The summed E-state index contributed by atoms with van der Waals surface area (Å²) in [7, 11) is 0. The lowest BCUT2D eigenvalue weighted by Crippen LogP contribution is -2.52. The molecule has 2 nitrogen and oxygen atoms in total. The number of hydrogen-bond donors (Lipinski definition) is 2. The molecule has 4 aliphatic rings. The Morgan fingerprint density at radius 1 is 1.06 bits per heavy atom. The van der Waals surface area contributed by atoms with E-state index in [-0.39, 0.29) is 23.2 Å². The van der Waals surface area contributed by atoms with Gasteiger partial charge >= 0.3 is 6.18 Å². The van der Waals surface area contributed by atoms with Crippen molar-refractivity contribution in [3.8, 4) is 0 Å². The van der Waals surface area contributed by atoms with Crippen molar-refractivity contribution in [1.82, 2.24) is 0 Å². The van der Waals surface area contributed by atoms with E-state index in [0.717, 1.165) is 45.4 Å². The normalized spacial score (nSPS) is 47.0. The Morgan fingerprint density at radius 3 is 2.41 bits per heavy atom. The van der Waals surface area contributed by atoms with E-state index in [1.807, 2.05) is 6.92 Å². The SMILES string of the molecule is C[C@H](CC[C@@](C)(O)C(F)(F)F)[C@H]1CC[C@H]2[C@@H]3CC=C4C[C@@](C)(O)CC[C@]4(C)[C@H]3CC[C@]12C. The molecule has 9 atom stereocenters. The molecule has 184 valence electrons. The lowest BCUT2D eigenvalue weighted by Gasteiger charge is -2.59. The summed E-state index contributed by atoms with van der Waals surface area (Å²) in [5, 5.41) is 20.6. The Morgan fingerprint density at radius 2 is 1.75 bits per heavy atom. The van der Waals surface area contributed by atoms with Gasteiger partial charge in [-0.2, -0.15) is 13.2 Å². The number of rotatable bonds is 4. The third-order valence-electron chi connectivity index (χ3n) is 10.8. The predicted octanol–water partition coefficient (Wildman–Crippen LogP) is 7.05. The van der Waals surface area contributed by atoms with Crippen LogP contribution in [0.5, 0.6) is 0 Å². The second-order valence-corrected chi connectivity index (χ2v) is 12.9. The van der Waals surface area contributed by atoms with E-state index in [1.54, 1.807) is 0 Å². The highest BCUT2D eigenvalue weighted by molar-refractivity contribution is 5.26. The van der Waals surface area contributed by atoms with Crippen molar-refractivity contribution >= 4 is 0 Å². The Labute approximate surface area is 192 Å². The average molecular weight is 457 g/mol. The first-order chi connectivity index (χ1) is 14.6. The van der Waals surface area contributed by atoms with Gasteiger partial charge in [-0.05, 0) is 118 Å².